The summed E-state index contributed by atoms with van der Waals surface area (Å²) in [4.78, 5) is 0. The van der Waals surface area contributed by atoms with Gasteiger partial charge in [-0.15, -0.1) is 0 Å². The van der Waals surface area contributed by atoms with Crippen molar-refractivity contribution >= 4 is 0 Å². The molecule has 0 heterocycles. The smallest absolute Gasteiger partial charge is 0.122 e. The molecule has 1 aliphatic rings. The minimum atomic E-state index is 0.465. The molecule has 1 fully saturated rings. The molecule has 1 saturated carbocycles. The zero-order valence-corrected chi connectivity index (χ0v) is 12.5. The maximum atomic E-state index is 5.46. The Bertz CT molecular complexity index is 394. The molecule has 2 rings (SSSR count). The van der Waals surface area contributed by atoms with E-state index >= 15 is 0 Å². The van der Waals surface area contributed by atoms with E-state index in [9.17, 15) is 0 Å². The normalized spacial score (nSPS) is 18.9. The Balaban J connectivity index is 2.20. The van der Waals surface area contributed by atoms with Gasteiger partial charge in [0.1, 0.15) is 5.75 Å². The number of hydrogen-bond donors (Lipinski definition) is 1. The lowest BCUT2D eigenvalue weighted by molar-refractivity contribution is 0.339. The fourth-order valence-corrected chi connectivity index (χ4v) is 3.35. The predicted molar refractivity (Wildman–Crippen MR) is 80.7 cm³/mol. The van der Waals surface area contributed by atoms with Crippen molar-refractivity contribution in [1.29, 1.82) is 0 Å². The average molecular weight is 261 g/mol. The molecule has 2 heteroatoms. The lowest BCUT2D eigenvalue weighted by Crippen LogP contribution is -2.25. The second-order valence-electron chi connectivity index (χ2n) is 5.75. The minimum absolute atomic E-state index is 0.465. The van der Waals surface area contributed by atoms with Crippen LogP contribution in [0.2, 0.25) is 0 Å². The van der Waals surface area contributed by atoms with Crippen molar-refractivity contribution in [3.63, 3.8) is 0 Å². The summed E-state index contributed by atoms with van der Waals surface area (Å²) in [6.45, 7) is 2.10. The van der Waals surface area contributed by atoms with Crippen molar-refractivity contribution in [2.24, 2.45) is 5.92 Å². The zero-order chi connectivity index (χ0) is 13.7. The van der Waals surface area contributed by atoms with Crippen molar-refractivity contribution < 1.29 is 4.74 Å². The van der Waals surface area contributed by atoms with Crippen LogP contribution in [0.4, 0.5) is 0 Å². The number of rotatable bonds is 4. The molecule has 1 atom stereocenters. The van der Waals surface area contributed by atoms with Gasteiger partial charge in [-0.3, -0.25) is 0 Å². The molecule has 1 aromatic rings. The van der Waals surface area contributed by atoms with Gasteiger partial charge in [0.15, 0.2) is 0 Å². The Hall–Kier alpha value is -1.02. The van der Waals surface area contributed by atoms with E-state index in [1.165, 1.54) is 49.7 Å². The van der Waals surface area contributed by atoms with Crippen LogP contribution in [0.25, 0.3) is 0 Å². The highest BCUT2D eigenvalue weighted by atomic mass is 16.5. The summed E-state index contributed by atoms with van der Waals surface area (Å²) < 4.78 is 5.46. The molecule has 1 N–H and O–H groups in total. The Morgan fingerprint density at radius 3 is 2.42 bits per heavy atom. The van der Waals surface area contributed by atoms with E-state index < -0.39 is 0 Å². The Labute approximate surface area is 117 Å². The lowest BCUT2D eigenvalue weighted by Gasteiger charge is -2.27. The van der Waals surface area contributed by atoms with E-state index in [0.29, 0.717) is 6.04 Å². The average Bonchev–Trinajstić information content (AvgIpc) is 2.70. The highest BCUT2D eigenvalue weighted by molar-refractivity contribution is 5.38. The quantitative estimate of drug-likeness (QED) is 0.819. The summed E-state index contributed by atoms with van der Waals surface area (Å²) in [5, 5.41) is 3.53. The van der Waals surface area contributed by atoms with Gasteiger partial charge >= 0.3 is 0 Å². The molecule has 0 aromatic heterocycles. The molecular weight excluding hydrogens is 234 g/mol. The summed E-state index contributed by atoms with van der Waals surface area (Å²) in [6.07, 6.45) is 8.27. The third kappa shape index (κ3) is 3.50. The number of aryl methyl sites for hydroxylation is 1. The molecule has 1 unspecified atom stereocenters. The molecule has 19 heavy (non-hydrogen) atoms. The first-order valence-electron chi connectivity index (χ1n) is 7.58. The second kappa shape index (κ2) is 6.95. The first kappa shape index (κ1) is 14.4. The van der Waals surface area contributed by atoms with Gasteiger partial charge in [-0.25, -0.2) is 0 Å². The van der Waals surface area contributed by atoms with Crippen molar-refractivity contribution in [2.45, 2.75) is 51.5 Å². The Kier molecular flexibility index (Phi) is 5.26. The first-order chi connectivity index (χ1) is 9.26. The number of benzene rings is 1. The molecule has 2 nitrogen and oxygen atoms in total. The summed E-state index contributed by atoms with van der Waals surface area (Å²) in [5.41, 5.74) is 2.58. The van der Waals surface area contributed by atoms with E-state index in [-0.39, 0.29) is 0 Å². The van der Waals surface area contributed by atoms with Crippen LogP contribution >= 0.6 is 0 Å². The third-order valence-corrected chi connectivity index (χ3v) is 4.47. The first-order valence-corrected chi connectivity index (χ1v) is 7.58. The molecule has 106 valence electrons. The van der Waals surface area contributed by atoms with Crippen LogP contribution in [-0.4, -0.2) is 14.2 Å². The number of methoxy groups -OCH3 is 1. The highest BCUT2D eigenvalue weighted by Gasteiger charge is 2.23. The van der Waals surface area contributed by atoms with Crippen LogP contribution < -0.4 is 10.1 Å². The Morgan fingerprint density at radius 1 is 1.16 bits per heavy atom. The van der Waals surface area contributed by atoms with Crippen LogP contribution in [0.15, 0.2) is 18.2 Å². The van der Waals surface area contributed by atoms with E-state index in [1.807, 2.05) is 0 Å². The predicted octanol–water partition coefficient (Wildman–Crippen LogP) is 4.23. The number of nitrogens with one attached hydrogen (secondary N) is 1. The monoisotopic (exact) mass is 261 g/mol. The van der Waals surface area contributed by atoms with Crippen molar-refractivity contribution in [1.82, 2.24) is 5.32 Å². The molecular formula is C17H27NO. The Morgan fingerprint density at radius 2 is 1.84 bits per heavy atom. The second-order valence-corrected chi connectivity index (χ2v) is 5.75. The lowest BCUT2D eigenvalue weighted by atomic mass is 9.87. The van der Waals surface area contributed by atoms with E-state index in [2.05, 4.69) is 37.5 Å². The van der Waals surface area contributed by atoms with Crippen LogP contribution in [0.1, 0.15) is 55.7 Å². The maximum absolute atomic E-state index is 5.46. The van der Waals surface area contributed by atoms with E-state index in [1.54, 1.807) is 7.11 Å². The molecule has 0 bridgehead atoms. The summed E-state index contributed by atoms with van der Waals surface area (Å²) >= 11 is 0. The standard InChI is InChI=1S/C17H27NO/c1-13-10-11-15(12-16(13)19-3)17(18-2)14-8-6-4-5-7-9-14/h10-12,14,17-18H,4-9H2,1-3H3. The number of ether oxygens (including phenoxy) is 1. The van der Waals surface area contributed by atoms with Gasteiger partial charge in [0.05, 0.1) is 7.11 Å². The van der Waals surface area contributed by atoms with Gasteiger partial charge < -0.3 is 10.1 Å². The van der Waals surface area contributed by atoms with Crippen molar-refractivity contribution in [3.05, 3.63) is 29.3 Å². The maximum Gasteiger partial charge on any atom is 0.122 e. The molecule has 1 aliphatic carbocycles. The van der Waals surface area contributed by atoms with Crippen molar-refractivity contribution in [3.8, 4) is 5.75 Å². The van der Waals surface area contributed by atoms with Gasteiger partial charge in [-0.05, 0) is 49.9 Å². The summed E-state index contributed by atoms with van der Waals surface area (Å²) in [5.74, 6) is 1.77. The molecule has 1 aromatic carbocycles. The van der Waals surface area contributed by atoms with E-state index in [0.717, 1.165) is 11.7 Å². The molecule has 0 spiro atoms. The van der Waals surface area contributed by atoms with Crippen LogP contribution in [-0.2, 0) is 0 Å². The van der Waals surface area contributed by atoms with Crippen LogP contribution in [0, 0.1) is 12.8 Å². The highest BCUT2D eigenvalue weighted by Crippen LogP contribution is 2.35. The van der Waals surface area contributed by atoms with Gasteiger partial charge in [0, 0.05) is 6.04 Å². The summed E-state index contributed by atoms with van der Waals surface area (Å²) in [6, 6.07) is 7.10. The fourth-order valence-electron chi connectivity index (χ4n) is 3.35. The molecule has 0 amide bonds. The van der Waals surface area contributed by atoms with Gasteiger partial charge in [-0.2, -0.15) is 0 Å². The van der Waals surface area contributed by atoms with Gasteiger partial charge in [-0.1, -0.05) is 37.8 Å². The molecule has 0 saturated heterocycles. The number of hydrogen-bond acceptors (Lipinski definition) is 2. The third-order valence-electron chi connectivity index (χ3n) is 4.47. The largest absolute Gasteiger partial charge is 0.496 e. The molecule has 0 aliphatic heterocycles. The summed E-state index contributed by atoms with van der Waals surface area (Å²) in [7, 11) is 3.84. The van der Waals surface area contributed by atoms with Gasteiger partial charge in [0.25, 0.3) is 0 Å². The zero-order valence-electron chi connectivity index (χ0n) is 12.5. The van der Waals surface area contributed by atoms with Crippen molar-refractivity contribution in [2.75, 3.05) is 14.2 Å². The topological polar surface area (TPSA) is 21.3 Å². The van der Waals surface area contributed by atoms with Crippen LogP contribution in [0.3, 0.4) is 0 Å². The van der Waals surface area contributed by atoms with Crippen LogP contribution in [0.5, 0.6) is 5.75 Å². The fraction of sp³-hybridized carbons (Fsp3) is 0.647. The minimum Gasteiger partial charge on any atom is -0.496 e. The SMILES string of the molecule is CNC(c1ccc(C)c(OC)c1)C1CCCCCC1. The molecule has 0 radical (unpaired) electrons. The van der Waals surface area contributed by atoms with E-state index in [4.69, 9.17) is 4.74 Å². The van der Waals surface area contributed by atoms with Gasteiger partial charge in [0.2, 0.25) is 0 Å².